The van der Waals surface area contributed by atoms with Crippen molar-refractivity contribution in [3.8, 4) is 0 Å². The predicted octanol–water partition coefficient (Wildman–Crippen LogP) is 0.710. The summed E-state index contributed by atoms with van der Waals surface area (Å²) in [7, 11) is 0. The van der Waals surface area contributed by atoms with Gasteiger partial charge in [-0.3, -0.25) is 4.79 Å². The fourth-order valence-electron chi connectivity index (χ4n) is 1.43. The van der Waals surface area contributed by atoms with E-state index in [-0.39, 0.29) is 11.7 Å². The highest BCUT2D eigenvalue weighted by Crippen LogP contribution is 2.24. The smallest absolute Gasteiger partial charge is 0.164 e. The summed E-state index contributed by atoms with van der Waals surface area (Å²) in [5.41, 5.74) is 0. The van der Waals surface area contributed by atoms with Crippen LogP contribution in [0.2, 0.25) is 0 Å². The standard InChI is InChI=1S/C8H14O3/c1-2-11-8(10)6-4-3-5-7(6)9/h6,8,10H,2-5H2,1H3. The molecule has 64 valence electrons. The number of aliphatic hydroxyl groups excluding tert-OH is 1. The topological polar surface area (TPSA) is 46.5 Å². The minimum atomic E-state index is -0.866. The van der Waals surface area contributed by atoms with Gasteiger partial charge in [-0.25, -0.2) is 0 Å². The van der Waals surface area contributed by atoms with Gasteiger partial charge in [-0.2, -0.15) is 0 Å². The highest BCUT2D eigenvalue weighted by Gasteiger charge is 2.31. The van der Waals surface area contributed by atoms with Crippen molar-refractivity contribution in [2.45, 2.75) is 32.5 Å². The maximum absolute atomic E-state index is 11.1. The second-order valence-electron chi connectivity index (χ2n) is 2.81. The molecule has 1 rings (SSSR count). The Labute approximate surface area is 66.4 Å². The largest absolute Gasteiger partial charge is 0.367 e. The lowest BCUT2D eigenvalue weighted by Gasteiger charge is -2.15. The lowest BCUT2D eigenvalue weighted by Crippen LogP contribution is -2.26. The number of ether oxygens (including phenoxy) is 1. The third kappa shape index (κ3) is 2.01. The molecule has 1 aliphatic rings. The molecule has 0 amide bonds. The highest BCUT2D eigenvalue weighted by atomic mass is 16.6. The molecular formula is C8H14O3. The Bertz CT molecular complexity index is 144. The molecule has 2 atom stereocenters. The van der Waals surface area contributed by atoms with E-state index in [1.165, 1.54) is 0 Å². The predicted molar refractivity (Wildman–Crippen MR) is 40.0 cm³/mol. The van der Waals surface area contributed by atoms with Crippen LogP contribution in [0.25, 0.3) is 0 Å². The monoisotopic (exact) mass is 158 g/mol. The van der Waals surface area contributed by atoms with Crippen molar-refractivity contribution in [2.24, 2.45) is 5.92 Å². The van der Waals surface area contributed by atoms with Crippen LogP contribution < -0.4 is 0 Å². The first-order chi connectivity index (χ1) is 5.25. The SMILES string of the molecule is CCOC(O)C1CCCC1=O. The normalized spacial score (nSPS) is 27.5. The average molecular weight is 158 g/mol. The summed E-state index contributed by atoms with van der Waals surface area (Å²) >= 11 is 0. The molecule has 0 bridgehead atoms. The number of hydrogen-bond donors (Lipinski definition) is 1. The summed E-state index contributed by atoms with van der Waals surface area (Å²) < 4.78 is 4.93. The van der Waals surface area contributed by atoms with E-state index >= 15 is 0 Å². The number of carbonyl (C=O) groups is 1. The molecule has 0 radical (unpaired) electrons. The molecule has 1 fully saturated rings. The molecule has 0 aliphatic heterocycles. The third-order valence-electron chi connectivity index (χ3n) is 2.03. The van der Waals surface area contributed by atoms with Gasteiger partial charge in [-0.1, -0.05) is 0 Å². The summed E-state index contributed by atoms with van der Waals surface area (Å²) in [6.45, 7) is 2.27. The Morgan fingerprint density at radius 1 is 1.82 bits per heavy atom. The van der Waals surface area contributed by atoms with Crippen molar-refractivity contribution < 1.29 is 14.6 Å². The lowest BCUT2D eigenvalue weighted by molar-refractivity contribution is -0.149. The van der Waals surface area contributed by atoms with Crippen molar-refractivity contribution in [2.75, 3.05) is 6.61 Å². The number of aliphatic hydroxyl groups is 1. The first-order valence-electron chi connectivity index (χ1n) is 4.08. The zero-order chi connectivity index (χ0) is 8.27. The van der Waals surface area contributed by atoms with Gasteiger partial charge >= 0.3 is 0 Å². The van der Waals surface area contributed by atoms with Gasteiger partial charge < -0.3 is 9.84 Å². The lowest BCUT2D eigenvalue weighted by atomic mass is 10.1. The van der Waals surface area contributed by atoms with Gasteiger partial charge in [0, 0.05) is 13.0 Å². The van der Waals surface area contributed by atoms with Gasteiger partial charge in [0.2, 0.25) is 0 Å². The van der Waals surface area contributed by atoms with Crippen LogP contribution in [0.15, 0.2) is 0 Å². The number of hydrogen-bond acceptors (Lipinski definition) is 3. The Morgan fingerprint density at radius 2 is 2.55 bits per heavy atom. The van der Waals surface area contributed by atoms with Gasteiger partial charge in [0.05, 0.1) is 5.92 Å². The van der Waals surface area contributed by atoms with Crippen LogP contribution >= 0.6 is 0 Å². The molecule has 0 aromatic heterocycles. The van der Waals surface area contributed by atoms with Gasteiger partial charge in [-0.15, -0.1) is 0 Å². The first-order valence-corrected chi connectivity index (χ1v) is 4.08. The van der Waals surface area contributed by atoms with E-state index in [0.717, 1.165) is 12.8 Å². The van der Waals surface area contributed by atoms with E-state index < -0.39 is 6.29 Å². The molecule has 11 heavy (non-hydrogen) atoms. The molecular weight excluding hydrogens is 144 g/mol. The van der Waals surface area contributed by atoms with E-state index in [1.807, 2.05) is 6.92 Å². The Morgan fingerprint density at radius 3 is 3.00 bits per heavy atom. The number of ketones is 1. The van der Waals surface area contributed by atoms with Crippen molar-refractivity contribution >= 4 is 5.78 Å². The Balaban J connectivity index is 2.39. The molecule has 0 aromatic rings. The second kappa shape index (κ2) is 3.83. The summed E-state index contributed by atoms with van der Waals surface area (Å²) in [6, 6.07) is 0. The Kier molecular flexibility index (Phi) is 3.02. The minimum absolute atomic E-state index is 0.144. The third-order valence-corrected chi connectivity index (χ3v) is 2.03. The van der Waals surface area contributed by atoms with Gasteiger partial charge in [0.15, 0.2) is 6.29 Å². The quantitative estimate of drug-likeness (QED) is 0.615. The summed E-state index contributed by atoms with van der Waals surface area (Å²) in [5.74, 6) is -0.110. The Hall–Kier alpha value is -0.410. The van der Waals surface area contributed by atoms with Gasteiger partial charge in [0.1, 0.15) is 5.78 Å². The molecule has 0 aromatic carbocycles. The van der Waals surface area contributed by atoms with Crippen LogP contribution in [0.3, 0.4) is 0 Å². The van der Waals surface area contributed by atoms with Crippen molar-refractivity contribution in [1.29, 1.82) is 0 Å². The molecule has 0 heterocycles. The summed E-state index contributed by atoms with van der Waals surface area (Å²) in [6.07, 6.45) is 1.41. The van der Waals surface area contributed by atoms with E-state index in [9.17, 15) is 9.90 Å². The first kappa shape index (κ1) is 8.68. The van der Waals surface area contributed by atoms with Crippen LogP contribution in [-0.2, 0) is 9.53 Å². The maximum atomic E-state index is 11.1. The molecule has 3 nitrogen and oxygen atoms in total. The molecule has 1 N–H and O–H groups in total. The molecule has 3 heteroatoms. The molecule has 0 spiro atoms. The van der Waals surface area contributed by atoms with Gasteiger partial charge in [-0.05, 0) is 19.8 Å². The number of Topliss-reactive ketones (excluding diaryl/α,β-unsaturated/α-hetero) is 1. The number of rotatable bonds is 3. The van der Waals surface area contributed by atoms with Crippen LogP contribution in [0.5, 0.6) is 0 Å². The number of carbonyl (C=O) groups excluding carboxylic acids is 1. The second-order valence-corrected chi connectivity index (χ2v) is 2.81. The van der Waals surface area contributed by atoms with Crippen molar-refractivity contribution in [1.82, 2.24) is 0 Å². The molecule has 1 aliphatic carbocycles. The molecule has 0 saturated heterocycles. The summed E-state index contributed by atoms with van der Waals surface area (Å²) in [5, 5.41) is 9.28. The highest BCUT2D eigenvalue weighted by molar-refractivity contribution is 5.83. The zero-order valence-corrected chi connectivity index (χ0v) is 6.75. The maximum Gasteiger partial charge on any atom is 0.164 e. The van der Waals surface area contributed by atoms with E-state index in [4.69, 9.17) is 4.74 Å². The van der Waals surface area contributed by atoms with Crippen LogP contribution in [-0.4, -0.2) is 23.8 Å². The molecule has 2 unspecified atom stereocenters. The average Bonchev–Trinajstić information content (AvgIpc) is 2.36. The van der Waals surface area contributed by atoms with Crippen LogP contribution in [0.4, 0.5) is 0 Å². The van der Waals surface area contributed by atoms with Crippen molar-refractivity contribution in [3.63, 3.8) is 0 Å². The zero-order valence-electron chi connectivity index (χ0n) is 6.75. The van der Waals surface area contributed by atoms with E-state index in [1.54, 1.807) is 0 Å². The van der Waals surface area contributed by atoms with Gasteiger partial charge in [0.25, 0.3) is 0 Å². The summed E-state index contributed by atoms with van der Waals surface area (Å²) in [4.78, 5) is 11.1. The fraction of sp³-hybridized carbons (Fsp3) is 0.875. The van der Waals surface area contributed by atoms with Crippen LogP contribution in [0, 0.1) is 5.92 Å². The van der Waals surface area contributed by atoms with Crippen LogP contribution in [0.1, 0.15) is 26.2 Å². The van der Waals surface area contributed by atoms with E-state index in [0.29, 0.717) is 13.0 Å². The van der Waals surface area contributed by atoms with Crippen molar-refractivity contribution in [3.05, 3.63) is 0 Å². The minimum Gasteiger partial charge on any atom is -0.367 e. The molecule has 1 saturated carbocycles. The fourth-order valence-corrected chi connectivity index (χ4v) is 1.43. The van der Waals surface area contributed by atoms with E-state index in [2.05, 4.69) is 0 Å².